The molecule has 194 valence electrons. The molecular weight excluding hydrogens is 484 g/mol. The molecule has 6 atom stereocenters. The van der Waals surface area contributed by atoms with E-state index in [0.717, 1.165) is 16.5 Å². The number of phenols is 1. The molecule has 1 saturated heterocycles. The lowest BCUT2D eigenvalue weighted by atomic mass is 9.89. The van der Waals surface area contributed by atoms with Crippen molar-refractivity contribution in [1.82, 2.24) is 19.3 Å². The number of nitrogens with one attached hydrogen (secondary N) is 1. The van der Waals surface area contributed by atoms with E-state index in [4.69, 9.17) is 9.47 Å². The molecular formula is C25H26N4O8. The van der Waals surface area contributed by atoms with Crippen molar-refractivity contribution in [2.24, 2.45) is 7.05 Å². The van der Waals surface area contributed by atoms with E-state index >= 15 is 0 Å². The molecule has 37 heavy (non-hydrogen) atoms. The quantitative estimate of drug-likeness (QED) is 0.223. The normalized spacial score (nSPS) is 26.9. The number of rotatable bonds is 3. The molecule has 12 nitrogen and oxygen atoms in total. The second-order valence-corrected chi connectivity index (χ2v) is 9.53. The third kappa shape index (κ3) is 3.49. The third-order valence-electron chi connectivity index (χ3n) is 7.33. The Labute approximate surface area is 209 Å². The lowest BCUT2D eigenvalue weighted by molar-refractivity contribution is -0.277. The zero-order valence-electron chi connectivity index (χ0n) is 19.9. The predicted molar refractivity (Wildman–Crippen MR) is 130 cm³/mol. The Morgan fingerprint density at radius 1 is 1.11 bits per heavy atom. The van der Waals surface area contributed by atoms with Crippen LogP contribution in [0, 0.1) is 0 Å². The van der Waals surface area contributed by atoms with Gasteiger partial charge in [0.1, 0.15) is 35.9 Å². The van der Waals surface area contributed by atoms with E-state index in [-0.39, 0.29) is 28.8 Å². The molecule has 2 aromatic heterocycles. The van der Waals surface area contributed by atoms with Crippen molar-refractivity contribution < 1.29 is 35.0 Å². The highest BCUT2D eigenvalue weighted by atomic mass is 16.7. The van der Waals surface area contributed by atoms with Crippen LogP contribution in [0.2, 0.25) is 0 Å². The molecule has 2 aliphatic rings. The molecule has 12 heteroatoms. The number of nitrogens with zero attached hydrogens (tertiary/aromatic N) is 3. The first-order chi connectivity index (χ1) is 17.7. The fraction of sp³-hybridized carbons (Fsp3) is 0.360. The summed E-state index contributed by atoms with van der Waals surface area (Å²) in [6.07, 6.45) is -5.40. The van der Waals surface area contributed by atoms with Crippen molar-refractivity contribution in [3.8, 4) is 28.6 Å². The second kappa shape index (κ2) is 8.43. The molecule has 6 rings (SSSR count). The van der Waals surface area contributed by atoms with Gasteiger partial charge in [0, 0.05) is 41.7 Å². The Kier molecular flexibility index (Phi) is 5.40. The number of benzene rings is 2. The number of aromatic hydroxyl groups is 1. The summed E-state index contributed by atoms with van der Waals surface area (Å²) in [5.74, 6) is -0.188. The van der Waals surface area contributed by atoms with Crippen LogP contribution in [0.4, 0.5) is 0 Å². The van der Waals surface area contributed by atoms with Crippen molar-refractivity contribution in [2.45, 2.75) is 43.5 Å². The third-order valence-corrected chi connectivity index (χ3v) is 7.33. The summed E-state index contributed by atoms with van der Waals surface area (Å²) >= 11 is 0. The summed E-state index contributed by atoms with van der Waals surface area (Å²) in [5, 5.41) is 58.9. The zero-order valence-corrected chi connectivity index (χ0v) is 19.9. The highest BCUT2D eigenvalue weighted by molar-refractivity contribution is 5.88. The van der Waals surface area contributed by atoms with Gasteiger partial charge >= 0.3 is 5.69 Å². The number of aliphatic hydroxyl groups is 4. The predicted octanol–water partition coefficient (Wildman–Crippen LogP) is 0.0688. The number of ether oxygens (including phenoxy) is 2. The standard InChI is InChI=1S/C25H26N4O8/c1-10-12-6-14(17(31)7-18(12)36-24-22(34)21(33)20(32)19(9-30)37-24)23-26-27-25(35)29(23)11-3-4-16-13(5-11)15(10)8-28(16)2/h3-8,10,19-22,24,30-34H,9H2,1-2H3,(H,27,35)/t10?,19-,20+,21+,22-,24-/m1/s1. The van der Waals surface area contributed by atoms with Crippen molar-refractivity contribution in [2.75, 3.05) is 6.61 Å². The van der Waals surface area contributed by atoms with Crippen LogP contribution in [0.3, 0.4) is 0 Å². The minimum atomic E-state index is -1.63. The molecule has 6 N–H and O–H groups in total. The molecule has 0 radical (unpaired) electrons. The summed E-state index contributed by atoms with van der Waals surface area (Å²) in [4.78, 5) is 12.7. The average molecular weight is 511 g/mol. The number of H-pyrrole nitrogens is 1. The van der Waals surface area contributed by atoms with Gasteiger partial charge in [0.25, 0.3) is 0 Å². The lowest BCUT2D eigenvalue weighted by Crippen LogP contribution is -2.60. The molecule has 2 aromatic carbocycles. The fourth-order valence-electron chi connectivity index (χ4n) is 5.27. The Hall–Kier alpha value is -3.68. The highest BCUT2D eigenvalue weighted by Crippen LogP contribution is 2.44. The van der Waals surface area contributed by atoms with Crippen molar-refractivity contribution in [3.63, 3.8) is 0 Å². The van der Waals surface area contributed by atoms with Crippen LogP contribution >= 0.6 is 0 Å². The maximum absolute atomic E-state index is 12.7. The van der Waals surface area contributed by atoms with Gasteiger partial charge < -0.3 is 39.6 Å². The molecule has 0 aliphatic carbocycles. The Balaban J connectivity index is 1.55. The topological polar surface area (TPSA) is 175 Å². The summed E-state index contributed by atoms with van der Waals surface area (Å²) in [6.45, 7) is 1.35. The number of aryl methyl sites for hydroxylation is 1. The molecule has 1 fully saturated rings. The van der Waals surface area contributed by atoms with E-state index in [9.17, 15) is 30.3 Å². The van der Waals surface area contributed by atoms with Gasteiger partial charge in [-0.15, -0.1) is 0 Å². The molecule has 4 aromatic rings. The second-order valence-electron chi connectivity index (χ2n) is 9.53. The van der Waals surface area contributed by atoms with Crippen molar-refractivity contribution in [1.29, 1.82) is 0 Å². The minimum absolute atomic E-state index is 0.149. The number of phenolic OH excluding ortho intramolecular Hbond substituents is 1. The first kappa shape index (κ1) is 23.7. The Bertz CT molecular complexity index is 1570. The number of aliphatic hydroxyl groups excluding tert-OH is 4. The van der Waals surface area contributed by atoms with E-state index < -0.39 is 43.0 Å². The molecule has 1 unspecified atom stereocenters. The average Bonchev–Trinajstić information content (AvgIpc) is 3.43. The van der Waals surface area contributed by atoms with E-state index in [2.05, 4.69) is 10.2 Å². The summed E-state index contributed by atoms with van der Waals surface area (Å²) in [5.41, 5.74) is 2.86. The largest absolute Gasteiger partial charge is 0.507 e. The number of aromatic amines is 1. The van der Waals surface area contributed by atoms with Crippen LogP contribution in [0.15, 0.2) is 41.3 Å². The van der Waals surface area contributed by atoms with E-state index in [1.807, 2.05) is 42.9 Å². The van der Waals surface area contributed by atoms with Gasteiger partial charge in [-0.1, -0.05) is 6.92 Å². The summed E-state index contributed by atoms with van der Waals surface area (Å²) < 4.78 is 14.9. The molecule has 0 spiro atoms. The number of fused-ring (bicyclic) bond motifs is 6. The van der Waals surface area contributed by atoms with Gasteiger partial charge in [0.15, 0.2) is 5.82 Å². The Morgan fingerprint density at radius 3 is 2.65 bits per heavy atom. The lowest BCUT2D eigenvalue weighted by Gasteiger charge is -2.40. The van der Waals surface area contributed by atoms with E-state index in [0.29, 0.717) is 11.3 Å². The summed E-state index contributed by atoms with van der Waals surface area (Å²) in [7, 11) is 1.92. The highest BCUT2D eigenvalue weighted by Gasteiger charge is 2.45. The molecule has 0 saturated carbocycles. The van der Waals surface area contributed by atoms with Gasteiger partial charge in [0.2, 0.25) is 6.29 Å². The summed E-state index contributed by atoms with van der Waals surface area (Å²) in [6, 6.07) is 8.61. The first-order valence-corrected chi connectivity index (χ1v) is 11.8. The maximum Gasteiger partial charge on any atom is 0.348 e. The zero-order chi connectivity index (χ0) is 26.2. The fourth-order valence-corrected chi connectivity index (χ4v) is 5.27. The van der Waals surface area contributed by atoms with E-state index in [1.165, 1.54) is 10.6 Å². The van der Waals surface area contributed by atoms with Crippen LogP contribution in [-0.4, -0.2) is 82.2 Å². The first-order valence-electron chi connectivity index (χ1n) is 11.8. The van der Waals surface area contributed by atoms with Gasteiger partial charge in [0.05, 0.1) is 17.9 Å². The number of aromatic nitrogens is 4. The monoisotopic (exact) mass is 510 g/mol. The minimum Gasteiger partial charge on any atom is -0.507 e. The maximum atomic E-state index is 12.7. The molecule has 2 aliphatic heterocycles. The van der Waals surface area contributed by atoms with Crippen molar-refractivity contribution >= 4 is 10.9 Å². The van der Waals surface area contributed by atoms with Crippen LogP contribution in [-0.2, 0) is 11.8 Å². The van der Waals surface area contributed by atoms with Crippen LogP contribution in [0.1, 0.15) is 24.0 Å². The molecule has 0 amide bonds. The molecule has 4 heterocycles. The van der Waals surface area contributed by atoms with Crippen LogP contribution in [0.5, 0.6) is 11.5 Å². The van der Waals surface area contributed by atoms with Crippen LogP contribution in [0.25, 0.3) is 28.0 Å². The van der Waals surface area contributed by atoms with Crippen molar-refractivity contribution in [3.05, 3.63) is 58.1 Å². The SMILES string of the molecule is CC1c2cc(c(O)cc2O[C@@H]2O[C@H](CO)[C@H](O)[C@H](O)[C@H]2O)-c2n[nH]c(=O)n2-c2ccc3c(c2)c1cn3C. The number of hydrogen-bond donors (Lipinski definition) is 6. The molecule has 4 bridgehead atoms. The van der Waals surface area contributed by atoms with E-state index in [1.54, 1.807) is 6.07 Å². The van der Waals surface area contributed by atoms with Gasteiger partial charge in [-0.3, -0.25) is 0 Å². The van der Waals surface area contributed by atoms with Crippen LogP contribution < -0.4 is 10.4 Å². The number of hydrogen-bond acceptors (Lipinski definition) is 9. The van der Waals surface area contributed by atoms with Gasteiger partial charge in [-0.05, 0) is 29.8 Å². The van der Waals surface area contributed by atoms with Gasteiger partial charge in [-0.25, -0.2) is 14.5 Å². The smallest absolute Gasteiger partial charge is 0.348 e. The Morgan fingerprint density at radius 2 is 1.89 bits per heavy atom. The van der Waals surface area contributed by atoms with Gasteiger partial charge in [-0.2, -0.15) is 5.10 Å².